The second-order valence-electron chi connectivity index (χ2n) is 18.7. The fourth-order valence-electron chi connectivity index (χ4n) is 8.27. The van der Waals surface area contributed by atoms with Crippen molar-refractivity contribution in [1.29, 1.82) is 0 Å². The van der Waals surface area contributed by atoms with Gasteiger partial charge in [-0.25, -0.2) is 4.98 Å². The summed E-state index contributed by atoms with van der Waals surface area (Å²) >= 11 is 0. The summed E-state index contributed by atoms with van der Waals surface area (Å²) in [5.74, 6) is -0.0332. The van der Waals surface area contributed by atoms with E-state index in [1.165, 1.54) is 12.1 Å². The van der Waals surface area contributed by atoms with E-state index in [0.717, 1.165) is 61.3 Å². The van der Waals surface area contributed by atoms with Crippen LogP contribution >= 0.6 is 0 Å². The highest BCUT2D eigenvalue weighted by molar-refractivity contribution is 5.97. The van der Waals surface area contributed by atoms with E-state index in [1.54, 1.807) is 24.4 Å². The Morgan fingerprint density at radius 1 is 0.571 bits per heavy atom. The Kier molecular flexibility index (Phi) is 8.64. The zero-order valence-corrected chi connectivity index (χ0v) is 37.7. The third-order valence-corrected chi connectivity index (χ3v) is 12.1. The van der Waals surface area contributed by atoms with E-state index in [9.17, 15) is 6.48 Å². The first kappa shape index (κ1) is 32.4. The van der Waals surface area contributed by atoms with Crippen molar-refractivity contribution in [3.63, 3.8) is 0 Å². The number of aromatic nitrogens is 3. The van der Waals surface area contributed by atoms with Crippen LogP contribution in [0.3, 0.4) is 0 Å². The van der Waals surface area contributed by atoms with Gasteiger partial charge in [-0.3, -0.25) is 9.55 Å². The Balaban J connectivity index is 1.35. The van der Waals surface area contributed by atoms with Crippen molar-refractivity contribution in [3.8, 4) is 67.5 Å². The number of aromatic hydroxyl groups is 1. The van der Waals surface area contributed by atoms with Crippen LogP contribution in [0.2, 0.25) is 0 Å². The zero-order chi connectivity index (χ0) is 53.4. The van der Waals surface area contributed by atoms with Gasteiger partial charge in [0.25, 0.3) is 0 Å². The Morgan fingerprint density at radius 3 is 1.95 bits per heavy atom. The normalized spacial score (nSPS) is 15.4. The highest BCUT2D eigenvalue weighted by Gasteiger charge is 2.25. The van der Waals surface area contributed by atoms with Crippen molar-refractivity contribution >= 4 is 11.0 Å². The van der Waals surface area contributed by atoms with Crippen LogP contribution < -0.4 is 0 Å². The fourth-order valence-corrected chi connectivity index (χ4v) is 8.27. The third-order valence-electron chi connectivity index (χ3n) is 12.1. The quantitative estimate of drug-likeness (QED) is 0.158. The Bertz CT molecular complexity index is 3300. The van der Waals surface area contributed by atoms with Crippen LogP contribution in [0.1, 0.15) is 142 Å². The van der Waals surface area contributed by atoms with Gasteiger partial charge in [-0.15, -0.1) is 0 Å². The monoisotopic (exact) mass is 840 g/mol. The molecule has 4 heteroatoms. The minimum absolute atomic E-state index is 0.0248. The molecule has 0 aliphatic heterocycles. The summed E-state index contributed by atoms with van der Waals surface area (Å²) in [5, 5.41) is 12.3. The van der Waals surface area contributed by atoms with Gasteiger partial charge in [-0.2, -0.15) is 0 Å². The lowest BCUT2D eigenvalue weighted by atomic mass is 9.83. The molecule has 8 aromatic rings. The van der Waals surface area contributed by atoms with E-state index in [4.69, 9.17) is 22.3 Å². The van der Waals surface area contributed by atoms with E-state index >= 15 is 0 Å². The average molecular weight is 840 g/mol. The molecule has 0 aliphatic rings. The minimum Gasteiger partial charge on any atom is -0.507 e. The molecule has 0 unspecified atom stereocenters. The van der Waals surface area contributed by atoms with E-state index < -0.39 is 31.9 Å². The maximum Gasteiger partial charge on any atom is 0.149 e. The first-order chi connectivity index (χ1) is 33.9. The number of fused-ring (bicyclic) bond motifs is 1. The van der Waals surface area contributed by atoms with Gasteiger partial charge >= 0.3 is 0 Å². The van der Waals surface area contributed by atoms with E-state index in [-0.39, 0.29) is 28.6 Å². The number of hydrogen-bond donors (Lipinski definition) is 1. The molecule has 0 bridgehead atoms. The molecule has 0 fully saturated rings. The summed E-state index contributed by atoms with van der Waals surface area (Å²) in [6.45, 7) is 8.54. The average Bonchev–Trinajstić information content (AvgIpc) is 3.69. The summed E-state index contributed by atoms with van der Waals surface area (Å²) in [5.41, 5.74) is 9.35. The summed E-state index contributed by atoms with van der Waals surface area (Å²) in [7, 11) is 0. The maximum atomic E-state index is 12.3. The Labute approximate surface area is 389 Å². The number of hydrogen-bond acceptors (Lipinski definition) is 3. The topological polar surface area (TPSA) is 50.9 Å². The zero-order valence-electron chi connectivity index (χ0n) is 47.7. The van der Waals surface area contributed by atoms with Crippen molar-refractivity contribution in [3.05, 3.63) is 167 Å². The van der Waals surface area contributed by atoms with Crippen molar-refractivity contribution in [2.45, 2.75) is 111 Å². The van der Waals surface area contributed by atoms with Crippen molar-refractivity contribution in [2.24, 2.45) is 0 Å². The van der Waals surface area contributed by atoms with Crippen LogP contribution in [0.4, 0.5) is 0 Å². The van der Waals surface area contributed by atoms with E-state index in [0.29, 0.717) is 33.7 Å². The smallest absolute Gasteiger partial charge is 0.149 e. The summed E-state index contributed by atoms with van der Waals surface area (Å²) in [6, 6.07) is 42.4. The minimum atomic E-state index is -3.37. The molecular weight excluding hydrogens is 767 g/mol. The summed E-state index contributed by atoms with van der Waals surface area (Å²) < 4.78 is 85.2. The summed E-state index contributed by atoms with van der Waals surface area (Å²) in [4.78, 5) is 10.4. The van der Waals surface area contributed by atoms with Gasteiger partial charge in [-0.1, -0.05) is 168 Å². The predicted molar refractivity (Wildman–Crippen MR) is 267 cm³/mol. The van der Waals surface area contributed by atoms with E-state index in [2.05, 4.69) is 120 Å². The highest BCUT2D eigenvalue weighted by atomic mass is 16.3. The molecule has 2 aromatic heterocycles. The van der Waals surface area contributed by atoms with Gasteiger partial charge in [0.05, 0.1) is 22.3 Å². The molecule has 0 atom stereocenters. The molecule has 0 saturated carbocycles. The van der Waals surface area contributed by atoms with E-state index in [1.807, 2.05) is 50.2 Å². The number of imidazole rings is 1. The molecule has 8 rings (SSSR count). The molecule has 0 radical (unpaired) electrons. The van der Waals surface area contributed by atoms with Crippen molar-refractivity contribution in [1.82, 2.24) is 14.5 Å². The van der Waals surface area contributed by atoms with Crippen molar-refractivity contribution < 1.29 is 18.8 Å². The van der Waals surface area contributed by atoms with Gasteiger partial charge in [0.1, 0.15) is 11.6 Å². The van der Waals surface area contributed by atoms with Gasteiger partial charge in [-0.05, 0) is 133 Å². The SMILES string of the molecule is [2H]C(C)(C)c1cc(-c2ccccc2)cc(-n2c(-c3cc(C(C)C)cc(C(C)C)c3O)nc3c(-c4cc(-c5cc(-c6ccc(C(C([2H])([2H])[2H])(C([2H])([2H])[2H])C([2H])([2H])[2H])cc6)ccn5)cc(C(C)(C)C)c4)cccc32)c1. The van der Waals surface area contributed by atoms with Gasteiger partial charge in [0, 0.05) is 36.7 Å². The number of phenolic OH excluding ortho intramolecular Hbond substituents is 1. The number of pyridine rings is 1. The lowest BCUT2D eigenvalue weighted by Crippen LogP contribution is -2.11. The maximum absolute atomic E-state index is 12.3. The Morgan fingerprint density at radius 2 is 1.29 bits per heavy atom. The lowest BCUT2D eigenvalue weighted by Gasteiger charge is -2.22. The molecule has 6 aromatic carbocycles. The fraction of sp³-hybridized carbons (Fsp3) is 0.288. The van der Waals surface area contributed by atoms with Crippen LogP contribution in [0.25, 0.3) is 72.7 Å². The van der Waals surface area contributed by atoms with Crippen LogP contribution in [-0.4, -0.2) is 19.6 Å². The number of para-hydroxylation sites is 1. The van der Waals surface area contributed by atoms with Crippen LogP contribution in [0.15, 0.2) is 140 Å². The first-order valence-electron chi connectivity index (χ1n) is 26.8. The molecule has 2 heterocycles. The highest BCUT2D eigenvalue weighted by Crippen LogP contribution is 2.44. The number of phenols is 1. The standard InChI is InChI=1S/C59H63N3O/c1-36(2)42-27-44(39-17-14-13-15-18-39)32-49(31-42)62-54-20-16-19-50(55(54)61-57(62)52-34-43(37(3)4)33-51(38(5)6)56(52)63)45-28-46(30-48(29-45)59(10,11)12)53-35-41(25-26-60-53)40-21-23-47(24-22-40)58(7,8)9/h13-38,63H,1-12H3/i7D3,8D3,9D3,36D. The van der Waals surface area contributed by atoms with Gasteiger partial charge in [0.2, 0.25) is 0 Å². The molecule has 320 valence electrons. The largest absolute Gasteiger partial charge is 0.507 e. The molecule has 0 amide bonds. The third kappa shape index (κ3) is 8.74. The second kappa shape index (κ2) is 16.8. The molecule has 1 N–H and O–H groups in total. The van der Waals surface area contributed by atoms with Gasteiger partial charge < -0.3 is 5.11 Å². The van der Waals surface area contributed by atoms with Crippen molar-refractivity contribution in [2.75, 3.05) is 0 Å². The number of nitrogens with zero attached hydrogens (tertiary/aromatic N) is 3. The number of benzene rings is 6. The first-order valence-corrected chi connectivity index (χ1v) is 21.8. The predicted octanol–water partition coefficient (Wildman–Crippen LogP) is 16.4. The van der Waals surface area contributed by atoms with Gasteiger partial charge in [0.15, 0.2) is 0 Å². The molecule has 4 nitrogen and oxygen atoms in total. The van der Waals surface area contributed by atoms with Crippen LogP contribution in [0, 0.1) is 0 Å². The molecule has 0 aliphatic carbocycles. The Hall–Kier alpha value is -6.26. The number of rotatable bonds is 9. The molecular formula is C59H63N3O. The molecule has 0 saturated heterocycles. The van der Waals surface area contributed by atoms with Crippen LogP contribution in [-0.2, 0) is 10.8 Å². The van der Waals surface area contributed by atoms with Crippen LogP contribution in [0.5, 0.6) is 5.75 Å². The summed E-state index contributed by atoms with van der Waals surface area (Å²) in [6.07, 6.45) is 1.67. The molecule has 0 spiro atoms. The lowest BCUT2D eigenvalue weighted by molar-refractivity contribution is 0.466. The second-order valence-corrected chi connectivity index (χ2v) is 18.7. The molecule has 63 heavy (non-hydrogen) atoms.